The monoisotopic (exact) mass is 327 g/mol. The SMILES string of the molecule is C[C@@H]1CCC[C@@H](N[C@H]2CCCc3c2[nH]c2ccc([N+](=O)[O-])cc32)C1. The van der Waals surface area contributed by atoms with Crippen LogP contribution in [0.4, 0.5) is 5.69 Å². The Morgan fingerprint density at radius 3 is 2.92 bits per heavy atom. The van der Waals surface area contributed by atoms with Gasteiger partial charge in [0.25, 0.3) is 5.69 Å². The van der Waals surface area contributed by atoms with Gasteiger partial charge >= 0.3 is 0 Å². The Labute approximate surface area is 142 Å². The number of nitrogens with one attached hydrogen (secondary N) is 2. The number of nitro benzene ring substituents is 1. The van der Waals surface area contributed by atoms with Crippen LogP contribution in [-0.4, -0.2) is 15.9 Å². The highest BCUT2D eigenvalue weighted by atomic mass is 16.6. The fourth-order valence-corrected chi connectivity index (χ4v) is 4.60. The van der Waals surface area contributed by atoms with Crippen LogP contribution in [0.1, 0.15) is 62.7 Å². The number of fused-ring (bicyclic) bond motifs is 3. The highest BCUT2D eigenvalue weighted by Crippen LogP contribution is 2.37. The molecule has 3 atom stereocenters. The van der Waals surface area contributed by atoms with Gasteiger partial charge in [-0.05, 0) is 49.7 Å². The van der Waals surface area contributed by atoms with E-state index >= 15 is 0 Å². The molecule has 0 spiro atoms. The van der Waals surface area contributed by atoms with Crippen LogP contribution in [0.2, 0.25) is 0 Å². The first kappa shape index (κ1) is 15.6. The molecule has 1 aromatic carbocycles. The number of H-pyrrole nitrogens is 1. The molecular formula is C19H25N3O2. The summed E-state index contributed by atoms with van der Waals surface area (Å²) in [7, 11) is 0. The van der Waals surface area contributed by atoms with Gasteiger partial charge in [0.05, 0.1) is 4.92 Å². The summed E-state index contributed by atoms with van der Waals surface area (Å²) in [5.41, 5.74) is 3.74. The van der Waals surface area contributed by atoms with E-state index in [0.717, 1.165) is 36.1 Å². The number of benzene rings is 1. The summed E-state index contributed by atoms with van der Waals surface area (Å²) in [5, 5.41) is 16.0. The Kier molecular flexibility index (Phi) is 4.04. The molecule has 0 saturated heterocycles. The summed E-state index contributed by atoms with van der Waals surface area (Å²) in [6.45, 7) is 2.35. The van der Waals surface area contributed by atoms with Gasteiger partial charge in [-0.3, -0.25) is 10.1 Å². The predicted octanol–water partition coefficient (Wildman–Crippen LogP) is 4.62. The highest BCUT2D eigenvalue weighted by molar-refractivity contribution is 5.87. The maximum atomic E-state index is 11.1. The normalized spacial score (nSPS) is 27.1. The third-order valence-corrected chi connectivity index (χ3v) is 5.77. The van der Waals surface area contributed by atoms with E-state index in [2.05, 4.69) is 17.2 Å². The standard InChI is InChI=1S/C19H25N3O2/c1-12-4-2-5-13(10-12)20-18-7-3-6-15-16-11-14(22(23)24)8-9-17(16)21-19(15)18/h8-9,11-13,18,20-21H,2-7,10H2,1H3/t12-,13-,18+/m1/s1. The second kappa shape index (κ2) is 6.20. The van der Waals surface area contributed by atoms with Gasteiger partial charge in [0.15, 0.2) is 0 Å². The molecule has 128 valence electrons. The van der Waals surface area contributed by atoms with Gasteiger partial charge in [0.2, 0.25) is 0 Å². The zero-order valence-corrected chi connectivity index (χ0v) is 14.2. The molecule has 0 radical (unpaired) electrons. The van der Waals surface area contributed by atoms with E-state index in [1.165, 1.54) is 36.9 Å². The molecule has 1 saturated carbocycles. The number of aromatic nitrogens is 1. The van der Waals surface area contributed by atoms with Gasteiger partial charge < -0.3 is 10.3 Å². The summed E-state index contributed by atoms with van der Waals surface area (Å²) < 4.78 is 0. The van der Waals surface area contributed by atoms with Crippen LogP contribution in [0.25, 0.3) is 10.9 Å². The molecule has 5 nitrogen and oxygen atoms in total. The Bertz CT molecular complexity index is 767. The average Bonchev–Trinajstić information content (AvgIpc) is 2.94. The van der Waals surface area contributed by atoms with Crippen molar-refractivity contribution in [1.82, 2.24) is 10.3 Å². The van der Waals surface area contributed by atoms with E-state index in [-0.39, 0.29) is 10.6 Å². The summed E-state index contributed by atoms with van der Waals surface area (Å²) in [5.74, 6) is 0.810. The molecular weight excluding hydrogens is 302 g/mol. The second-order valence-electron chi connectivity index (χ2n) is 7.58. The minimum absolute atomic E-state index is 0.181. The molecule has 5 heteroatoms. The summed E-state index contributed by atoms with van der Waals surface area (Å²) in [6, 6.07) is 6.14. The van der Waals surface area contributed by atoms with Gasteiger partial charge in [-0.2, -0.15) is 0 Å². The Balaban J connectivity index is 1.64. The molecule has 1 aromatic heterocycles. The first-order valence-corrected chi connectivity index (χ1v) is 9.16. The molecule has 2 aromatic rings. The van der Waals surface area contributed by atoms with E-state index < -0.39 is 0 Å². The number of aromatic amines is 1. The number of hydrogen-bond donors (Lipinski definition) is 2. The maximum absolute atomic E-state index is 11.1. The van der Waals surface area contributed by atoms with Gasteiger partial charge in [-0.15, -0.1) is 0 Å². The van der Waals surface area contributed by atoms with Crippen LogP contribution in [0, 0.1) is 16.0 Å². The first-order chi connectivity index (χ1) is 11.6. The number of hydrogen-bond acceptors (Lipinski definition) is 3. The van der Waals surface area contributed by atoms with Crippen LogP contribution in [-0.2, 0) is 6.42 Å². The minimum Gasteiger partial charge on any atom is -0.357 e. The molecule has 0 unspecified atom stereocenters. The Morgan fingerprint density at radius 2 is 2.12 bits per heavy atom. The molecule has 4 rings (SSSR count). The zero-order valence-electron chi connectivity index (χ0n) is 14.2. The summed E-state index contributed by atoms with van der Waals surface area (Å²) in [4.78, 5) is 14.3. The predicted molar refractivity (Wildman–Crippen MR) is 95.2 cm³/mol. The van der Waals surface area contributed by atoms with E-state index in [0.29, 0.717) is 12.1 Å². The number of rotatable bonds is 3. The molecule has 0 aliphatic heterocycles. The van der Waals surface area contributed by atoms with E-state index in [1.54, 1.807) is 12.1 Å². The highest BCUT2D eigenvalue weighted by Gasteiger charge is 2.28. The lowest BCUT2D eigenvalue weighted by Gasteiger charge is -2.33. The molecule has 2 aliphatic rings. The number of nitrogens with zero attached hydrogens (tertiary/aromatic N) is 1. The van der Waals surface area contributed by atoms with Crippen molar-refractivity contribution in [3.05, 3.63) is 39.6 Å². The van der Waals surface area contributed by atoms with Gasteiger partial charge in [-0.25, -0.2) is 0 Å². The van der Waals surface area contributed by atoms with Crippen molar-refractivity contribution in [3.63, 3.8) is 0 Å². The molecule has 1 heterocycles. The van der Waals surface area contributed by atoms with E-state index in [1.807, 2.05) is 6.07 Å². The largest absolute Gasteiger partial charge is 0.357 e. The first-order valence-electron chi connectivity index (χ1n) is 9.16. The van der Waals surface area contributed by atoms with Crippen molar-refractivity contribution in [2.45, 2.75) is 64.0 Å². The average molecular weight is 327 g/mol. The van der Waals surface area contributed by atoms with Gasteiger partial charge in [-0.1, -0.05) is 19.8 Å². The van der Waals surface area contributed by atoms with Crippen LogP contribution in [0.3, 0.4) is 0 Å². The maximum Gasteiger partial charge on any atom is 0.270 e. The number of non-ortho nitro benzene ring substituents is 1. The van der Waals surface area contributed by atoms with Crippen molar-refractivity contribution in [2.24, 2.45) is 5.92 Å². The van der Waals surface area contributed by atoms with E-state index in [9.17, 15) is 10.1 Å². The second-order valence-corrected chi connectivity index (χ2v) is 7.58. The van der Waals surface area contributed by atoms with Crippen LogP contribution < -0.4 is 5.32 Å². The molecule has 2 aliphatic carbocycles. The lowest BCUT2D eigenvalue weighted by molar-refractivity contribution is -0.384. The van der Waals surface area contributed by atoms with Crippen molar-refractivity contribution in [3.8, 4) is 0 Å². The Hall–Kier alpha value is -1.88. The molecule has 24 heavy (non-hydrogen) atoms. The Morgan fingerprint density at radius 1 is 1.25 bits per heavy atom. The lowest BCUT2D eigenvalue weighted by atomic mass is 9.85. The minimum atomic E-state index is -0.305. The summed E-state index contributed by atoms with van der Waals surface area (Å²) in [6.07, 6.45) is 8.49. The van der Waals surface area contributed by atoms with Gasteiger partial charge in [0, 0.05) is 40.8 Å². The van der Waals surface area contributed by atoms with Crippen molar-refractivity contribution >= 4 is 16.6 Å². The quantitative estimate of drug-likeness (QED) is 0.638. The lowest BCUT2D eigenvalue weighted by Crippen LogP contribution is -2.37. The van der Waals surface area contributed by atoms with Crippen molar-refractivity contribution < 1.29 is 4.92 Å². The molecule has 0 amide bonds. The molecule has 1 fully saturated rings. The fraction of sp³-hybridized carbons (Fsp3) is 0.579. The van der Waals surface area contributed by atoms with Gasteiger partial charge in [0.1, 0.15) is 0 Å². The molecule has 2 N–H and O–H groups in total. The fourth-order valence-electron chi connectivity index (χ4n) is 4.60. The third kappa shape index (κ3) is 2.81. The zero-order chi connectivity index (χ0) is 16.7. The van der Waals surface area contributed by atoms with Crippen LogP contribution >= 0.6 is 0 Å². The smallest absolute Gasteiger partial charge is 0.270 e. The van der Waals surface area contributed by atoms with Crippen molar-refractivity contribution in [2.75, 3.05) is 0 Å². The topological polar surface area (TPSA) is 71.0 Å². The molecule has 0 bridgehead atoms. The third-order valence-electron chi connectivity index (χ3n) is 5.77. The summed E-state index contributed by atoms with van der Waals surface area (Å²) >= 11 is 0. The van der Waals surface area contributed by atoms with Crippen LogP contribution in [0.5, 0.6) is 0 Å². The van der Waals surface area contributed by atoms with Crippen molar-refractivity contribution in [1.29, 1.82) is 0 Å². The number of nitro groups is 1. The number of aryl methyl sites for hydroxylation is 1. The van der Waals surface area contributed by atoms with Crippen LogP contribution in [0.15, 0.2) is 18.2 Å². The van der Waals surface area contributed by atoms with E-state index in [4.69, 9.17) is 0 Å².